The standard InChI is InChI=1S/C64H115N11O12S/c1-26-28-29-41(15)53(76)52-57(80)67-44(27-2)59(82)73(22)49(34-88-25)62(85)69(18)46(31-36(5)6)56(79)68-50(39(11)12)63(86)70(19)45(30-35(3)4)55(78)65-42(16)54(77)66-43(17)58(81)71(20)47(32-37(7)8)60(83)72(21)48(33-38(9)10)61(84)74(23)51(40(13)14)64(87)75(52)24/h26,28,35-53,76H,27,29-34H2,1-25H3,(H,65,78)(H,66,77)(H,67,80)(H,68,79)/t41-,42-,43+,44-,45?,46+,47-,48-,49-,50-,51-,52-,53-/m1/s1. The molecule has 0 aromatic carbocycles. The lowest BCUT2D eigenvalue weighted by Gasteiger charge is -2.41. The molecule has 1 aliphatic heterocycles. The normalized spacial score (nSPS) is 27.2. The Hall–Kier alpha value is -5.78. The van der Waals surface area contributed by atoms with Crippen molar-refractivity contribution in [1.82, 2.24) is 55.6 Å². The fourth-order valence-electron chi connectivity index (χ4n) is 11.1. The number of allylic oxidation sites excluding steroid dienone is 2. The van der Waals surface area contributed by atoms with Crippen molar-refractivity contribution in [3.05, 3.63) is 12.2 Å². The lowest BCUT2D eigenvalue weighted by atomic mass is 9.91. The Morgan fingerprint density at radius 3 is 1.26 bits per heavy atom. The van der Waals surface area contributed by atoms with Gasteiger partial charge >= 0.3 is 0 Å². The third-order valence-electron chi connectivity index (χ3n) is 16.7. The number of rotatable bonds is 17. The van der Waals surface area contributed by atoms with Crippen LogP contribution in [0.25, 0.3) is 0 Å². The average molecular weight is 1260 g/mol. The Bertz CT molecular complexity index is 2400. The van der Waals surface area contributed by atoms with Gasteiger partial charge in [-0.25, -0.2) is 0 Å². The van der Waals surface area contributed by atoms with Crippen molar-refractivity contribution in [3.8, 4) is 0 Å². The highest BCUT2D eigenvalue weighted by atomic mass is 32.2. The van der Waals surface area contributed by atoms with Gasteiger partial charge in [-0.3, -0.25) is 52.7 Å². The third kappa shape index (κ3) is 22.0. The first-order chi connectivity index (χ1) is 40.7. The molecule has 11 amide bonds. The van der Waals surface area contributed by atoms with Gasteiger partial charge in [-0.1, -0.05) is 109 Å². The van der Waals surface area contributed by atoms with E-state index in [2.05, 4.69) is 21.3 Å². The fourth-order valence-corrected chi connectivity index (χ4v) is 11.8. The second kappa shape index (κ2) is 36.8. The van der Waals surface area contributed by atoms with Crippen molar-refractivity contribution in [2.24, 2.45) is 41.4 Å². The van der Waals surface area contributed by atoms with Crippen LogP contribution in [0.5, 0.6) is 0 Å². The van der Waals surface area contributed by atoms with Crippen LogP contribution >= 0.6 is 11.8 Å². The Kier molecular flexibility index (Phi) is 33.5. The zero-order valence-electron chi connectivity index (χ0n) is 58.1. The van der Waals surface area contributed by atoms with E-state index in [1.165, 1.54) is 104 Å². The number of thioether (sulfide) groups is 1. The molecule has 5 N–H and O–H groups in total. The minimum absolute atomic E-state index is 0.0149. The lowest BCUT2D eigenvalue weighted by Crippen LogP contribution is -2.64. The van der Waals surface area contributed by atoms with E-state index in [1.54, 1.807) is 60.8 Å². The lowest BCUT2D eigenvalue weighted by molar-refractivity contribution is -0.157. The van der Waals surface area contributed by atoms with E-state index >= 15 is 19.2 Å². The molecular weight excluding hydrogens is 1150 g/mol. The van der Waals surface area contributed by atoms with E-state index in [-0.39, 0.29) is 61.5 Å². The molecule has 13 atom stereocenters. The highest BCUT2D eigenvalue weighted by molar-refractivity contribution is 7.98. The minimum atomic E-state index is -1.62. The molecule has 0 aliphatic carbocycles. The van der Waals surface area contributed by atoms with Gasteiger partial charge in [0.25, 0.3) is 0 Å². The molecule has 0 aromatic heterocycles. The van der Waals surface area contributed by atoms with Gasteiger partial charge in [0.05, 0.1) is 6.10 Å². The van der Waals surface area contributed by atoms with Gasteiger partial charge in [0.2, 0.25) is 65.0 Å². The smallest absolute Gasteiger partial charge is 0.246 e. The van der Waals surface area contributed by atoms with Crippen LogP contribution in [0.3, 0.4) is 0 Å². The number of nitrogens with one attached hydrogen (secondary N) is 4. The summed E-state index contributed by atoms with van der Waals surface area (Å²) in [4.78, 5) is 171. The number of amides is 11. The number of likely N-dealkylation sites (N-methyl/N-ethyl adjacent to an activating group) is 7. The molecule has 504 valence electrons. The van der Waals surface area contributed by atoms with Gasteiger partial charge in [-0.2, -0.15) is 11.8 Å². The van der Waals surface area contributed by atoms with E-state index in [4.69, 9.17) is 0 Å². The highest BCUT2D eigenvalue weighted by Gasteiger charge is 2.46. The predicted molar refractivity (Wildman–Crippen MR) is 346 cm³/mol. The number of aliphatic hydroxyl groups is 1. The molecular formula is C64H115N11O12S. The molecule has 1 aliphatic rings. The SMILES string of the molecule is CC=CC[C@@H](C)[C@@H](O)[C@@H]1C(=O)N[C@H](CC)C(=O)N(C)[C@H](CSC)C(=O)N(C)[C@@H](CC(C)C)C(=O)N[C@H](C(C)C)C(=O)N(C)C(CC(C)C)C(=O)N[C@H](C)C(=O)N[C@@H](C)C(=O)N(C)[C@H](CC(C)C)C(=O)N(C)[C@H](CC(C)C)C(=O)N(C)[C@H](C(C)C)C(=O)N1C. The van der Waals surface area contributed by atoms with Crippen LogP contribution in [0.15, 0.2) is 12.2 Å². The van der Waals surface area contributed by atoms with Gasteiger partial charge in [-0.05, 0) is 107 Å². The molecule has 88 heavy (non-hydrogen) atoms. The Balaban J connectivity index is 4.45. The maximum atomic E-state index is 15.2. The summed E-state index contributed by atoms with van der Waals surface area (Å²) in [6.07, 6.45) is 4.77. The second-order valence-electron chi connectivity index (χ2n) is 26.8. The Morgan fingerprint density at radius 2 is 0.830 bits per heavy atom. The zero-order chi connectivity index (χ0) is 68.3. The predicted octanol–water partition coefficient (Wildman–Crippen LogP) is 4.00. The van der Waals surface area contributed by atoms with Crippen LogP contribution < -0.4 is 21.3 Å². The number of carbonyl (C=O) groups is 11. The molecule has 0 bridgehead atoms. The molecule has 1 unspecified atom stereocenters. The molecule has 0 spiro atoms. The number of aliphatic hydroxyl groups excluding tert-OH is 1. The summed E-state index contributed by atoms with van der Waals surface area (Å²) in [5.74, 6) is -9.63. The molecule has 1 heterocycles. The zero-order valence-corrected chi connectivity index (χ0v) is 58.9. The second-order valence-corrected chi connectivity index (χ2v) is 27.7. The van der Waals surface area contributed by atoms with Crippen LogP contribution in [0.1, 0.15) is 156 Å². The third-order valence-corrected chi connectivity index (χ3v) is 17.4. The van der Waals surface area contributed by atoms with Crippen molar-refractivity contribution in [3.63, 3.8) is 0 Å². The Labute approximate surface area is 531 Å². The maximum absolute atomic E-state index is 15.2. The van der Waals surface area contributed by atoms with Crippen LogP contribution in [0.4, 0.5) is 0 Å². The summed E-state index contributed by atoms with van der Waals surface area (Å²) in [6.45, 7) is 30.0. The van der Waals surface area contributed by atoms with E-state index in [0.717, 1.165) is 4.90 Å². The molecule has 23 nitrogen and oxygen atoms in total. The van der Waals surface area contributed by atoms with Gasteiger partial charge < -0.3 is 60.7 Å². The quantitative estimate of drug-likeness (QED) is 0.129. The molecule has 0 radical (unpaired) electrons. The van der Waals surface area contributed by atoms with Crippen molar-refractivity contribution in [2.75, 3.05) is 61.3 Å². The average Bonchev–Trinajstić information content (AvgIpc) is 1.33. The fraction of sp³-hybridized carbons (Fsp3) is 0.797. The number of carbonyl (C=O) groups excluding carboxylic acids is 11. The number of hydrogen-bond acceptors (Lipinski definition) is 13. The van der Waals surface area contributed by atoms with Gasteiger partial charge in [0.1, 0.15) is 66.5 Å². The summed E-state index contributed by atoms with van der Waals surface area (Å²) < 4.78 is 0. The number of nitrogens with zero attached hydrogens (tertiary/aromatic N) is 7. The van der Waals surface area contributed by atoms with Gasteiger partial charge in [0, 0.05) is 55.1 Å². The molecule has 1 rings (SSSR count). The molecule has 1 saturated heterocycles. The van der Waals surface area contributed by atoms with Crippen LogP contribution in [0.2, 0.25) is 0 Å². The van der Waals surface area contributed by atoms with Crippen LogP contribution in [-0.2, 0) is 52.7 Å². The first-order valence-corrected chi connectivity index (χ1v) is 32.9. The minimum Gasteiger partial charge on any atom is -0.390 e. The van der Waals surface area contributed by atoms with E-state index < -0.39 is 155 Å². The molecule has 24 heteroatoms. The summed E-state index contributed by atoms with van der Waals surface area (Å²) in [5, 5.41) is 23.3. The van der Waals surface area contributed by atoms with Crippen molar-refractivity contribution in [2.45, 2.75) is 229 Å². The largest absolute Gasteiger partial charge is 0.390 e. The highest BCUT2D eigenvalue weighted by Crippen LogP contribution is 2.26. The van der Waals surface area contributed by atoms with Gasteiger partial charge in [-0.15, -0.1) is 0 Å². The Morgan fingerprint density at radius 1 is 0.443 bits per heavy atom. The summed E-state index contributed by atoms with van der Waals surface area (Å²) >= 11 is 1.27. The van der Waals surface area contributed by atoms with Crippen molar-refractivity contribution >= 4 is 76.7 Å². The monoisotopic (exact) mass is 1260 g/mol. The first kappa shape index (κ1) is 80.2. The van der Waals surface area contributed by atoms with Crippen molar-refractivity contribution < 1.29 is 57.8 Å². The first-order valence-electron chi connectivity index (χ1n) is 31.5. The molecule has 0 saturated carbocycles. The van der Waals surface area contributed by atoms with Crippen molar-refractivity contribution in [1.29, 1.82) is 0 Å². The molecule has 1 fully saturated rings. The summed E-state index contributed by atoms with van der Waals surface area (Å²) in [5.41, 5.74) is 0. The van der Waals surface area contributed by atoms with Gasteiger partial charge in [0.15, 0.2) is 0 Å². The van der Waals surface area contributed by atoms with E-state index in [9.17, 15) is 38.7 Å². The van der Waals surface area contributed by atoms with E-state index in [1.807, 2.05) is 61.5 Å². The van der Waals surface area contributed by atoms with Crippen LogP contribution in [-0.4, -0.2) is 238 Å². The number of hydrogen-bond donors (Lipinski definition) is 5. The topological polar surface area (TPSA) is 279 Å². The molecule has 0 aromatic rings. The summed E-state index contributed by atoms with van der Waals surface area (Å²) in [7, 11) is 10.0. The summed E-state index contributed by atoms with van der Waals surface area (Å²) in [6, 6.07) is -13.6. The maximum Gasteiger partial charge on any atom is 0.246 e. The van der Waals surface area contributed by atoms with Crippen LogP contribution in [0, 0.1) is 41.4 Å². The van der Waals surface area contributed by atoms with E-state index in [0.29, 0.717) is 6.42 Å².